The van der Waals surface area contributed by atoms with Crippen LogP contribution in [0.15, 0.2) is 4.52 Å². The lowest BCUT2D eigenvalue weighted by Gasteiger charge is -2.37. The van der Waals surface area contributed by atoms with Gasteiger partial charge in [0.05, 0.1) is 13.1 Å². The van der Waals surface area contributed by atoms with E-state index in [2.05, 4.69) is 32.3 Å². The van der Waals surface area contributed by atoms with E-state index in [0.717, 1.165) is 19.6 Å². The van der Waals surface area contributed by atoms with E-state index in [0.29, 0.717) is 12.2 Å². The van der Waals surface area contributed by atoms with Crippen LogP contribution in [0.3, 0.4) is 0 Å². The maximum absolute atomic E-state index is 12.0. The van der Waals surface area contributed by atoms with Crippen LogP contribution in [0.25, 0.3) is 0 Å². The molecule has 0 aromatic carbocycles. The summed E-state index contributed by atoms with van der Waals surface area (Å²) in [5.74, 6) is 0.715. The fourth-order valence-electron chi connectivity index (χ4n) is 2.29. The van der Waals surface area contributed by atoms with E-state index in [9.17, 15) is 13.2 Å². The topological polar surface area (TPSA) is 57.4 Å². The van der Waals surface area contributed by atoms with E-state index < -0.39 is 12.7 Å². The Balaban J connectivity index is 1.82. The highest BCUT2D eigenvalue weighted by Crippen LogP contribution is 2.13. The zero-order chi connectivity index (χ0) is 15.5. The van der Waals surface area contributed by atoms with Gasteiger partial charge in [-0.05, 0) is 14.1 Å². The minimum atomic E-state index is -4.24. The first kappa shape index (κ1) is 16.2. The number of hydrogen-bond acceptors (Lipinski definition) is 6. The maximum atomic E-state index is 12.0. The molecule has 0 saturated carbocycles. The summed E-state index contributed by atoms with van der Waals surface area (Å²) in [5.41, 5.74) is 0. The van der Waals surface area contributed by atoms with Crippen molar-refractivity contribution < 1.29 is 17.7 Å². The Bertz CT molecular complexity index is 450. The molecule has 0 bridgehead atoms. The van der Waals surface area contributed by atoms with E-state index in [-0.39, 0.29) is 18.5 Å². The van der Waals surface area contributed by atoms with Gasteiger partial charge in [-0.1, -0.05) is 5.16 Å². The Kier molecular flexibility index (Phi) is 5.17. The lowest BCUT2D eigenvalue weighted by atomic mass is 10.1. The lowest BCUT2D eigenvalue weighted by molar-refractivity contribution is -0.125. The molecule has 0 amide bonds. The van der Waals surface area contributed by atoms with Crippen molar-refractivity contribution in [2.24, 2.45) is 0 Å². The molecule has 1 unspecified atom stereocenters. The number of piperazine rings is 1. The van der Waals surface area contributed by atoms with Gasteiger partial charge < -0.3 is 19.6 Å². The number of nitrogens with zero attached hydrogens (tertiary/aromatic N) is 4. The molecule has 9 heteroatoms. The third-order valence-electron chi connectivity index (χ3n) is 3.51. The Morgan fingerprint density at radius 1 is 1.33 bits per heavy atom. The van der Waals surface area contributed by atoms with Gasteiger partial charge in [-0.2, -0.15) is 18.2 Å². The molecule has 1 atom stereocenters. The highest BCUT2D eigenvalue weighted by Gasteiger charge is 2.27. The third kappa shape index (κ3) is 5.25. The van der Waals surface area contributed by atoms with E-state index in [4.69, 9.17) is 4.52 Å². The van der Waals surface area contributed by atoms with Gasteiger partial charge in [0, 0.05) is 32.1 Å². The number of aromatic nitrogens is 2. The van der Waals surface area contributed by atoms with Crippen LogP contribution >= 0.6 is 0 Å². The summed E-state index contributed by atoms with van der Waals surface area (Å²) < 4.78 is 41.0. The number of halogens is 3. The van der Waals surface area contributed by atoms with Gasteiger partial charge in [-0.15, -0.1) is 0 Å². The third-order valence-corrected chi connectivity index (χ3v) is 3.51. The molecule has 0 radical (unpaired) electrons. The summed E-state index contributed by atoms with van der Waals surface area (Å²) in [6, 6.07) is 0.289. The van der Waals surface area contributed by atoms with Crippen LogP contribution in [0.5, 0.6) is 0 Å². The molecule has 2 heterocycles. The average Bonchev–Trinajstić information content (AvgIpc) is 2.80. The maximum Gasteiger partial charge on any atom is 0.401 e. The van der Waals surface area contributed by atoms with Gasteiger partial charge in [-0.25, -0.2) is 0 Å². The first-order valence-electron chi connectivity index (χ1n) is 6.81. The van der Waals surface area contributed by atoms with Crippen LogP contribution in [0.2, 0.25) is 0 Å². The van der Waals surface area contributed by atoms with Crippen molar-refractivity contribution >= 4 is 0 Å². The standard InChI is InChI=1S/C12H20F3N5O/c1-19-3-4-20(2)9(7-19)5-10-17-11(21-18-10)6-16-8-12(13,14)15/h9,16H,3-8H2,1-2H3. The van der Waals surface area contributed by atoms with Crippen molar-refractivity contribution in [3.8, 4) is 0 Å². The minimum Gasteiger partial charge on any atom is -0.338 e. The van der Waals surface area contributed by atoms with E-state index in [1.165, 1.54) is 0 Å². The van der Waals surface area contributed by atoms with Crippen molar-refractivity contribution in [1.29, 1.82) is 0 Å². The molecule has 0 spiro atoms. The zero-order valence-electron chi connectivity index (χ0n) is 12.2. The Morgan fingerprint density at radius 3 is 2.81 bits per heavy atom. The quantitative estimate of drug-likeness (QED) is 0.855. The van der Waals surface area contributed by atoms with Crippen molar-refractivity contribution in [1.82, 2.24) is 25.3 Å². The summed E-state index contributed by atoms with van der Waals surface area (Å²) in [6.45, 7) is 1.76. The summed E-state index contributed by atoms with van der Waals surface area (Å²) >= 11 is 0. The summed E-state index contributed by atoms with van der Waals surface area (Å²) in [6.07, 6.45) is -3.61. The van der Waals surface area contributed by atoms with E-state index in [1.54, 1.807) is 0 Å². The molecule has 6 nitrogen and oxygen atoms in total. The van der Waals surface area contributed by atoms with Crippen LogP contribution in [0, 0.1) is 0 Å². The van der Waals surface area contributed by atoms with Crippen LogP contribution in [-0.2, 0) is 13.0 Å². The number of alkyl halides is 3. The van der Waals surface area contributed by atoms with Gasteiger partial charge >= 0.3 is 6.18 Å². The molecule has 1 N–H and O–H groups in total. The number of likely N-dealkylation sites (N-methyl/N-ethyl adjacent to an activating group) is 2. The van der Waals surface area contributed by atoms with Crippen LogP contribution in [0.1, 0.15) is 11.7 Å². The Hall–Kier alpha value is -1.19. The van der Waals surface area contributed by atoms with Crippen molar-refractivity contribution in [3.63, 3.8) is 0 Å². The molecule has 0 aliphatic carbocycles. The second-order valence-electron chi connectivity index (χ2n) is 5.42. The number of rotatable bonds is 5. The normalized spacial score (nSPS) is 21.9. The molecule has 2 rings (SSSR count). The molecule has 21 heavy (non-hydrogen) atoms. The summed E-state index contributed by atoms with van der Waals surface area (Å²) in [7, 11) is 4.10. The predicted octanol–water partition coefficient (Wildman–Crippen LogP) is 0.510. The van der Waals surface area contributed by atoms with Crippen molar-refractivity contribution in [3.05, 3.63) is 11.7 Å². The smallest absolute Gasteiger partial charge is 0.338 e. The van der Waals surface area contributed by atoms with E-state index >= 15 is 0 Å². The molecule has 1 aliphatic rings. The zero-order valence-corrected chi connectivity index (χ0v) is 12.2. The summed E-state index contributed by atoms with van der Waals surface area (Å²) in [5, 5.41) is 6.07. The predicted molar refractivity (Wildman–Crippen MR) is 69.7 cm³/mol. The Morgan fingerprint density at radius 2 is 2.10 bits per heavy atom. The number of nitrogens with one attached hydrogen (secondary N) is 1. The monoisotopic (exact) mass is 307 g/mol. The highest BCUT2D eigenvalue weighted by molar-refractivity contribution is 4.93. The summed E-state index contributed by atoms with van der Waals surface area (Å²) in [4.78, 5) is 8.60. The SMILES string of the molecule is CN1CCN(C)C(Cc2noc(CNCC(F)(F)F)n2)C1. The highest BCUT2D eigenvalue weighted by atomic mass is 19.4. The first-order chi connectivity index (χ1) is 9.83. The minimum absolute atomic E-state index is 0.0765. The van der Waals surface area contributed by atoms with Crippen LogP contribution in [0.4, 0.5) is 13.2 Å². The average molecular weight is 307 g/mol. The van der Waals surface area contributed by atoms with Gasteiger partial charge in [0.25, 0.3) is 0 Å². The van der Waals surface area contributed by atoms with Gasteiger partial charge in [0.1, 0.15) is 0 Å². The second-order valence-corrected chi connectivity index (χ2v) is 5.42. The fraction of sp³-hybridized carbons (Fsp3) is 0.833. The molecule has 1 aromatic heterocycles. The van der Waals surface area contributed by atoms with Crippen LogP contribution in [-0.4, -0.2) is 72.4 Å². The Labute approximate surface area is 121 Å². The van der Waals surface area contributed by atoms with E-state index in [1.807, 2.05) is 7.05 Å². The molecule has 1 aromatic rings. The molecule has 1 saturated heterocycles. The lowest BCUT2D eigenvalue weighted by Crippen LogP contribution is -2.50. The molecular formula is C12H20F3N5O. The van der Waals surface area contributed by atoms with Gasteiger partial charge in [0.15, 0.2) is 5.82 Å². The van der Waals surface area contributed by atoms with Crippen LogP contribution < -0.4 is 5.32 Å². The first-order valence-corrected chi connectivity index (χ1v) is 6.81. The largest absolute Gasteiger partial charge is 0.401 e. The van der Waals surface area contributed by atoms with Crippen molar-refractivity contribution in [2.75, 3.05) is 40.3 Å². The molecular weight excluding hydrogens is 287 g/mol. The molecule has 1 fully saturated rings. The van der Waals surface area contributed by atoms with Gasteiger partial charge in [-0.3, -0.25) is 0 Å². The molecule has 1 aliphatic heterocycles. The fourth-order valence-corrected chi connectivity index (χ4v) is 2.29. The molecule has 120 valence electrons. The number of hydrogen-bond donors (Lipinski definition) is 1. The second kappa shape index (κ2) is 6.71. The van der Waals surface area contributed by atoms with Gasteiger partial charge in [0.2, 0.25) is 5.89 Å². The van der Waals surface area contributed by atoms with Crippen molar-refractivity contribution in [2.45, 2.75) is 25.2 Å².